The van der Waals surface area contributed by atoms with Crippen LogP contribution in [0, 0.1) is 0 Å². The van der Waals surface area contributed by atoms with E-state index in [9.17, 15) is 4.79 Å². The normalized spacial score (nSPS) is 8.94. The summed E-state index contributed by atoms with van der Waals surface area (Å²) in [6.07, 6.45) is 5.52. The largest absolute Gasteiger partial charge is 0.316 e. The van der Waals surface area contributed by atoms with Gasteiger partial charge in [0.2, 0.25) is 0 Å². The highest BCUT2D eigenvalue weighted by molar-refractivity contribution is 6.30. The van der Waals surface area contributed by atoms with Crippen molar-refractivity contribution in [3.8, 4) is 0 Å². The first-order valence-corrected chi connectivity index (χ1v) is 9.68. The van der Waals surface area contributed by atoms with E-state index in [1.807, 2.05) is 32.3 Å². The maximum Gasteiger partial charge on any atom is 0.168 e. The quantitative estimate of drug-likeness (QED) is 0.354. The van der Waals surface area contributed by atoms with Crippen molar-refractivity contribution in [3.63, 3.8) is 0 Å². The first-order valence-electron chi connectivity index (χ1n) is 8.55. The molecular formula is C22H30Cl3N5O. The van der Waals surface area contributed by atoms with Crippen LogP contribution in [0.2, 0.25) is 15.2 Å². The number of pyridine rings is 3. The number of hydrogen-bond donors (Lipinski definition) is 2. The van der Waals surface area contributed by atoms with Crippen molar-refractivity contribution < 1.29 is 4.79 Å². The Morgan fingerprint density at radius 1 is 0.774 bits per heavy atom. The van der Waals surface area contributed by atoms with Crippen LogP contribution in [0.25, 0.3) is 0 Å². The lowest BCUT2D eigenvalue weighted by Gasteiger charge is -1.96. The van der Waals surface area contributed by atoms with Gasteiger partial charge < -0.3 is 10.6 Å². The number of aldehydes is 1. The fourth-order valence-electron chi connectivity index (χ4n) is 1.86. The first kappa shape index (κ1) is 31.1. The van der Waals surface area contributed by atoms with E-state index in [1.165, 1.54) is 6.20 Å². The summed E-state index contributed by atoms with van der Waals surface area (Å²) in [4.78, 5) is 21.7. The Morgan fingerprint density at radius 2 is 1.39 bits per heavy atom. The van der Waals surface area contributed by atoms with E-state index in [2.05, 4.69) is 25.6 Å². The highest BCUT2D eigenvalue weighted by Gasteiger charge is 1.91. The van der Waals surface area contributed by atoms with Crippen LogP contribution in [-0.2, 0) is 13.1 Å². The molecule has 0 saturated heterocycles. The van der Waals surface area contributed by atoms with Gasteiger partial charge in [0.15, 0.2) is 6.29 Å². The smallest absolute Gasteiger partial charge is 0.168 e. The summed E-state index contributed by atoms with van der Waals surface area (Å²) in [5.74, 6) is 0. The molecule has 0 aliphatic carbocycles. The molecule has 0 saturated carbocycles. The molecule has 9 heteroatoms. The van der Waals surface area contributed by atoms with Crippen LogP contribution in [0.3, 0.4) is 0 Å². The van der Waals surface area contributed by atoms with Crippen LogP contribution in [0.4, 0.5) is 0 Å². The highest BCUT2D eigenvalue weighted by atomic mass is 35.5. The fourth-order valence-corrected chi connectivity index (χ4v) is 2.20. The molecule has 0 unspecified atom stereocenters. The third kappa shape index (κ3) is 14.5. The van der Waals surface area contributed by atoms with Gasteiger partial charge in [0.1, 0.15) is 10.8 Å². The monoisotopic (exact) mass is 485 g/mol. The van der Waals surface area contributed by atoms with E-state index in [-0.39, 0.29) is 14.9 Å². The van der Waals surface area contributed by atoms with E-state index in [0.29, 0.717) is 27.2 Å². The van der Waals surface area contributed by atoms with Gasteiger partial charge in [0.05, 0.1) is 15.7 Å². The van der Waals surface area contributed by atoms with Gasteiger partial charge >= 0.3 is 0 Å². The molecule has 0 atom stereocenters. The Kier molecular flexibility index (Phi) is 18.7. The third-order valence-electron chi connectivity index (χ3n) is 3.19. The summed E-state index contributed by atoms with van der Waals surface area (Å²) in [5.41, 5.74) is 2.55. The van der Waals surface area contributed by atoms with E-state index in [0.717, 1.165) is 24.3 Å². The van der Waals surface area contributed by atoms with Gasteiger partial charge in [0.25, 0.3) is 0 Å². The molecule has 0 bridgehead atoms. The topological polar surface area (TPSA) is 79.8 Å². The number of carbonyl (C=O) groups excluding carboxylic acids is 1. The second kappa shape index (κ2) is 18.7. The first-order chi connectivity index (χ1) is 14.0. The Hall–Kier alpha value is -2.09. The van der Waals surface area contributed by atoms with Crippen molar-refractivity contribution in [3.05, 3.63) is 87.1 Å². The summed E-state index contributed by atoms with van der Waals surface area (Å²) in [7, 11) is 3.78. The van der Waals surface area contributed by atoms with Gasteiger partial charge in [-0.05, 0) is 50.0 Å². The minimum atomic E-state index is 0. The predicted octanol–water partition coefficient (Wildman–Crippen LogP) is 5.73. The molecular weight excluding hydrogens is 457 g/mol. The van der Waals surface area contributed by atoms with Gasteiger partial charge in [-0.25, -0.2) is 4.98 Å². The van der Waals surface area contributed by atoms with E-state index in [4.69, 9.17) is 34.8 Å². The second-order valence-corrected chi connectivity index (χ2v) is 6.80. The van der Waals surface area contributed by atoms with Crippen molar-refractivity contribution in [2.75, 3.05) is 14.1 Å². The molecule has 3 rings (SSSR count). The summed E-state index contributed by atoms with van der Waals surface area (Å²) in [5, 5.41) is 7.78. The van der Waals surface area contributed by atoms with Crippen molar-refractivity contribution in [1.29, 1.82) is 0 Å². The predicted molar refractivity (Wildman–Crippen MR) is 132 cm³/mol. The Morgan fingerprint density at radius 3 is 1.81 bits per heavy atom. The molecule has 0 aromatic carbocycles. The molecule has 0 radical (unpaired) electrons. The van der Waals surface area contributed by atoms with Crippen LogP contribution in [0.15, 0.2) is 55.0 Å². The molecule has 31 heavy (non-hydrogen) atoms. The van der Waals surface area contributed by atoms with E-state index < -0.39 is 0 Å². The average Bonchev–Trinajstić information content (AvgIpc) is 2.73. The molecule has 0 fully saturated rings. The molecule has 2 N–H and O–H groups in total. The van der Waals surface area contributed by atoms with Gasteiger partial charge in [-0.3, -0.25) is 14.8 Å². The van der Waals surface area contributed by atoms with Gasteiger partial charge in [0, 0.05) is 31.7 Å². The van der Waals surface area contributed by atoms with E-state index in [1.54, 1.807) is 30.6 Å². The number of carbonyl (C=O) groups is 1. The van der Waals surface area contributed by atoms with Gasteiger partial charge in [-0.1, -0.05) is 55.7 Å². The standard InChI is InChI=1S/2C7H9ClN2.C6H4ClNO.2CH4/c1-9-5-7-3-2-6(8)4-10-7;1-9-4-6-2-3-7(8)10-5-6;7-5-1-2-6(4-9)8-3-5;;/h2-4,9H,5H2,1H3;2-3,5,9H,4H2,1H3;1-4H;2*1H4. The maximum atomic E-state index is 10.0. The number of hydrogen-bond acceptors (Lipinski definition) is 6. The lowest BCUT2D eigenvalue weighted by Crippen LogP contribution is -2.06. The molecule has 6 nitrogen and oxygen atoms in total. The minimum absolute atomic E-state index is 0. The SMILES string of the molecule is C.C.CNCc1ccc(Cl)cn1.CNCc1ccc(Cl)nc1.O=Cc1ccc(Cl)cn1. The molecule has 0 aliphatic rings. The average molecular weight is 487 g/mol. The lowest BCUT2D eigenvalue weighted by atomic mass is 10.3. The van der Waals surface area contributed by atoms with Crippen LogP contribution >= 0.6 is 34.8 Å². The molecule has 170 valence electrons. The van der Waals surface area contributed by atoms with Crippen molar-refractivity contribution in [1.82, 2.24) is 25.6 Å². The molecule has 3 heterocycles. The number of aromatic nitrogens is 3. The Balaban J connectivity index is 0. The van der Waals surface area contributed by atoms with E-state index >= 15 is 0 Å². The number of nitrogens with zero attached hydrogens (tertiary/aromatic N) is 3. The molecule has 0 aliphatic heterocycles. The minimum Gasteiger partial charge on any atom is -0.316 e. The molecule has 3 aromatic rings. The molecule has 3 aromatic heterocycles. The molecule has 0 amide bonds. The summed E-state index contributed by atoms with van der Waals surface area (Å²) in [6, 6.07) is 10.7. The van der Waals surface area contributed by atoms with Crippen molar-refractivity contribution >= 4 is 41.1 Å². The number of rotatable bonds is 5. The van der Waals surface area contributed by atoms with Crippen LogP contribution < -0.4 is 10.6 Å². The Labute approximate surface area is 200 Å². The van der Waals surface area contributed by atoms with Crippen LogP contribution in [0.1, 0.15) is 36.6 Å². The zero-order valence-corrected chi connectivity index (χ0v) is 18.3. The van der Waals surface area contributed by atoms with Crippen LogP contribution in [-0.4, -0.2) is 35.3 Å². The maximum absolute atomic E-state index is 10.0. The van der Waals surface area contributed by atoms with Crippen molar-refractivity contribution in [2.24, 2.45) is 0 Å². The Bertz CT molecular complexity index is 782. The fraction of sp³-hybridized carbons (Fsp3) is 0.273. The van der Waals surface area contributed by atoms with Crippen LogP contribution in [0.5, 0.6) is 0 Å². The summed E-state index contributed by atoms with van der Waals surface area (Å²) >= 11 is 16.7. The van der Waals surface area contributed by atoms with Gasteiger partial charge in [-0.2, -0.15) is 0 Å². The third-order valence-corrected chi connectivity index (χ3v) is 3.86. The zero-order valence-electron chi connectivity index (χ0n) is 16.1. The lowest BCUT2D eigenvalue weighted by molar-refractivity contribution is 0.111. The number of halogens is 3. The second-order valence-electron chi connectivity index (χ2n) is 5.54. The highest BCUT2D eigenvalue weighted by Crippen LogP contribution is 2.06. The summed E-state index contributed by atoms with van der Waals surface area (Å²) < 4.78 is 0. The molecule has 0 spiro atoms. The zero-order chi connectivity index (χ0) is 21.5. The summed E-state index contributed by atoms with van der Waals surface area (Å²) in [6.45, 7) is 1.63. The van der Waals surface area contributed by atoms with Crippen molar-refractivity contribution in [2.45, 2.75) is 27.9 Å². The van der Waals surface area contributed by atoms with Gasteiger partial charge in [-0.15, -0.1) is 0 Å². The number of nitrogens with one attached hydrogen (secondary N) is 2.